The highest BCUT2D eigenvalue weighted by molar-refractivity contribution is 7.07. The van der Waals surface area contributed by atoms with Gasteiger partial charge < -0.3 is 15.4 Å². The number of rotatable bonds is 6. The summed E-state index contributed by atoms with van der Waals surface area (Å²) in [5.41, 5.74) is 11.2. The molecular weight excluding hydrogens is 491 g/mol. The van der Waals surface area contributed by atoms with Crippen LogP contribution in [0.3, 0.4) is 0 Å². The van der Waals surface area contributed by atoms with Crippen molar-refractivity contribution < 1.29 is 13.9 Å². The molecule has 8 nitrogen and oxygen atoms in total. The van der Waals surface area contributed by atoms with E-state index >= 15 is 0 Å². The molecule has 0 bridgehead atoms. The number of nitrogens with zero attached hydrogens (tertiary/aromatic N) is 5. The summed E-state index contributed by atoms with van der Waals surface area (Å²) in [6.07, 6.45) is 1.75. The Morgan fingerprint density at radius 1 is 1.19 bits per heavy atom. The molecule has 4 heterocycles. The van der Waals surface area contributed by atoms with Gasteiger partial charge in [0, 0.05) is 53.7 Å². The number of carbonyl (C=O) groups excluding carboxylic acids is 1. The van der Waals surface area contributed by atoms with Crippen molar-refractivity contribution in [3.05, 3.63) is 76.1 Å². The van der Waals surface area contributed by atoms with Crippen LogP contribution in [0.25, 0.3) is 17.1 Å². The van der Waals surface area contributed by atoms with Crippen LogP contribution in [0.2, 0.25) is 0 Å². The van der Waals surface area contributed by atoms with Crippen LogP contribution in [-0.4, -0.2) is 49.7 Å². The van der Waals surface area contributed by atoms with Crippen LogP contribution < -0.4 is 10.5 Å². The Morgan fingerprint density at radius 2 is 1.92 bits per heavy atom. The largest absolute Gasteiger partial charge is 0.474 e. The van der Waals surface area contributed by atoms with Crippen LogP contribution in [0.15, 0.2) is 53.5 Å². The van der Waals surface area contributed by atoms with E-state index in [1.165, 1.54) is 23.5 Å². The Morgan fingerprint density at radius 3 is 2.57 bits per heavy atom. The number of ether oxygens (including phenoxy) is 1. The van der Waals surface area contributed by atoms with Crippen LogP contribution >= 0.6 is 11.3 Å². The Hall–Kier alpha value is -3.63. The molecule has 10 heteroatoms. The third-order valence-corrected chi connectivity index (χ3v) is 7.70. The van der Waals surface area contributed by atoms with Crippen molar-refractivity contribution in [2.45, 2.75) is 32.4 Å². The fourth-order valence-electron chi connectivity index (χ4n) is 4.94. The van der Waals surface area contributed by atoms with E-state index in [1.807, 2.05) is 43.2 Å². The molecule has 1 aromatic carbocycles. The van der Waals surface area contributed by atoms with E-state index in [4.69, 9.17) is 15.5 Å². The third kappa shape index (κ3) is 4.51. The first-order valence-electron chi connectivity index (χ1n) is 12.2. The van der Waals surface area contributed by atoms with Crippen LogP contribution in [0, 0.1) is 24.6 Å². The molecule has 1 saturated carbocycles. The molecule has 2 N–H and O–H groups in total. The summed E-state index contributed by atoms with van der Waals surface area (Å²) in [6, 6.07) is 10.0. The number of amides is 1. The van der Waals surface area contributed by atoms with Crippen molar-refractivity contribution >= 4 is 17.2 Å². The number of halogens is 1. The molecule has 6 rings (SSSR count). The van der Waals surface area contributed by atoms with E-state index in [0.717, 1.165) is 11.1 Å². The highest BCUT2D eigenvalue weighted by Gasteiger charge is 2.59. The molecule has 1 aliphatic carbocycles. The molecule has 1 amide bonds. The molecule has 0 spiro atoms. The number of aromatic nitrogens is 4. The van der Waals surface area contributed by atoms with Gasteiger partial charge in [-0.2, -0.15) is 5.10 Å². The highest BCUT2D eigenvalue weighted by Crippen LogP contribution is 2.48. The van der Waals surface area contributed by atoms with Crippen molar-refractivity contribution in [2.75, 3.05) is 13.1 Å². The normalized spacial score (nSPS) is 20.7. The lowest BCUT2D eigenvalue weighted by Crippen LogP contribution is -2.33. The SMILES string of the molecule is Cc1nn(-c2cscn2)cc1C(=O)N1CC2C(C1)C2Oc1cc(C(C)(C)N)cc(-c2ccc(F)cc2)n1. The monoisotopic (exact) mass is 518 g/mol. The van der Waals surface area contributed by atoms with E-state index in [0.29, 0.717) is 41.7 Å². The molecule has 1 aliphatic heterocycles. The molecule has 190 valence electrons. The number of hydrogen-bond donors (Lipinski definition) is 1. The number of aryl methyl sites for hydroxylation is 1. The molecule has 2 atom stereocenters. The predicted molar refractivity (Wildman–Crippen MR) is 138 cm³/mol. The summed E-state index contributed by atoms with van der Waals surface area (Å²) in [5, 5.41) is 6.35. The molecule has 1 saturated heterocycles. The first-order valence-corrected chi connectivity index (χ1v) is 13.1. The lowest BCUT2D eigenvalue weighted by atomic mass is 9.95. The smallest absolute Gasteiger partial charge is 0.257 e. The van der Waals surface area contributed by atoms with Crippen LogP contribution in [0.4, 0.5) is 4.39 Å². The summed E-state index contributed by atoms with van der Waals surface area (Å²) in [6.45, 7) is 6.95. The van der Waals surface area contributed by atoms with Gasteiger partial charge in [-0.1, -0.05) is 0 Å². The standard InChI is InChI=1S/C27H27FN6O2S/c1-15-19(12-34(32-15)23-13-37-14-30-23)26(35)33-10-20-21(11-33)25(20)36-24-9-17(27(2,3)29)8-22(31-24)16-4-6-18(28)7-5-16/h4-9,12-14,20-21,25H,10-11,29H2,1-3H3. The zero-order chi connectivity index (χ0) is 25.9. The van der Waals surface area contributed by atoms with E-state index in [-0.39, 0.29) is 29.7 Å². The number of likely N-dealkylation sites (tertiary alicyclic amines) is 1. The van der Waals surface area contributed by atoms with Gasteiger partial charge in [0.25, 0.3) is 5.91 Å². The fourth-order valence-corrected chi connectivity index (χ4v) is 5.46. The molecule has 2 unspecified atom stereocenters. The maximum absolute atomic E-state index is 13.4. The Balaban J connectivity index is 1.16. The number of thiazole rings is 1. The van der Waals surface area contributed by atoms with E-state index in [2.05, 4.69) is 10.1 Å². The summed E-state index contributed by atoms with van der Waals surface area (Å²) in [4.78, 5) is 24.1. The third-order valence-electron chi connectivity index (χ3n) is 7.13. The molecular formula is C27H27FN6O2S. The minimum absolute atomic E-state index is 0.00687. The lowest BCUT2D eigenvalue weighted by Gasteiger charge is -2.22. The van der Waals surface area contributed by atoms with Crippen molar-refractivity contribution in [1.82, 2.24) is 24.6 Å². The molecule has 37 heavy (non-hydrogen) atoms. The Kier molecular flexibility index (Phi) is 5.61. The van der Waals surface area contributed by atoms with Crippen LogP contribution in [0.1, 0.15) is 35.5 Å². The molecule has 3 aromatic heterocycles. The van der Waals surface area contributed by atoms with Gasteiger partial charge in [-0.15, -0.1) is 11.3 Å². The zero-order valence-electron chi connectivity index (χ0n) is 20.8. The maximum atomic E-state index is 13.4. The quantitative estimate of drug-likeness (QED) is 0.411. The number of pyridine rings is 1. The topological polar surface area (TPSA) is 99.2 Å². The number of fused-ring (bicyclic) bond motifs is 1. The second-order valence-electron chi connectivity index (χ2n) is 10.3. The van der Waals surface area contributed by atoms with Crippen molar-refractivity contribution in [1.29, 1.82) is 0 Å². The van der Waals surface area contributed by atoms with E-state index in [1.54, 1.807) is 28.5 Å². The number of hydrogen-bond acceptors (Lipinski definition) is 7. The maximum Gasteiger partial charge on any atom is 0.257 e. The van der Waals surface area contributed by atoms with Gasteiger partial charge in [-0.25, -0.2) is 19.0 Å². The summed E-state index contributed by atoms with van der Waals surface area (Å²) in [5.74, 6) is 1.39. The number of nitrogens with two attached hydrogens (primary N) is 1. The predicted octanol–water partition coefficient (Wildman–Crippen LogP) is 4.18. The van der Waals surface area contributed by atoms with Gasteiger partial charge in [-0.05, 0) is 56.7 Å². The molecule has 4 aromatic rings. The fraction of sp³-hybridized carbons (Fsp3) is 0.333. The van der Waals surface area contributed by atoms with Crippen LogP contribution in [-0.2, 0) is 5.54 Å². The second-order valence-corrected chi connectivity index (χ2v) is 11.1. The second kappa shape index (κ2) is 8.74. The Bertz CT molecular complexity index is 1450. The average Bonchev–Trinajstić information content (AvgIpc) is 3.36. The van der Waals surface area contributed by atoms with Crippen molar-refractivity contribution in [3.8, 4) is 23.0 Å². The highest BCUT2D eigenvalue weighted by atomic mass is 32.1. The van der Waals surface area contributed by atoms with Gasteiger partial charge in [0.05, 0.1) is 22.5 Å². The summed E-state index contributed by atoms with van der Waals surface area (Å²) < 4.78 is 21.4. The minimum Gasteiger partial charge on any atom is -0.474 e. The van der Waals surface area contributed by atoms with Gasteiger partial charge in [0.1, 0.15) is 11.9 Å². The van der Waals surface area contributed by atoms with E-state index < -0.39 is 5.54 Å². The lowest BCUT2D eigenvalue weighted by molar-refractivity contribution is 0.0751. The van der Waals surface area contributed by atoms with Crippen molar-refractivity contribution in [3.63, 3.8) is 0 Å². The number of carbonyl (C=O) groups is 1. The number of benzene rings is 1. The first-order chi connectivity index (χ1) is 17.7. The Labute approximate surface area is 217 Å². The van der Waals surface area contributed by atoms with Gasteiger partial charge >= 0.3 is 0 Å². The first kappa shape index (κ1) is 23.7. The van der Waals surface area contributed by atoms with Crippen LogP contribution in [0.5, 0.6) is 5.88 Å². The summed E-state index contributed by atoms with van der Waals surface area (Å²) >= 11 is 1.48. The van der Waals surface area contributed by atoms with Gasteiger partial charge in [0.2, 0.25) is 5.88 Å². The van der Waals surface area contributed by atoms with Gasteiger partial charge in [-0.3, -0.25) is 4.79 Å². The van der Waals surface area contributed by atoms with Gasteiger partial charge in [0.15, 0.2) is 5.82 Å². The minimum atomic E-state index is -0.598. The average molecular weight is 519 g/mol. The van der Waals surface area contributed by atoms with E-state index in [9.17, 15) is 9.18 Å². The van der Waals surface area contributed by atoms with Crippen molar-refractivity contribution in [2.24, 2.45) is 17.6 Å². The number of piperidine rings is 1. The molecule has 2 aliphatic rings. The zero-order valence-corrected chi connectivity index (χ0v) is 21.6. The molecule has 2 fully saturated rings. The summed E-state index contributed by atoms with van der Waals surface area (Å²) in [7, 11) is 0. The molecule has 0 radical (unpaired) electrons.